The van der Waals surface area contributed by atoms with Crippen molar-refractivity contribution in [3.63, 3.8) is 0 Å². The maximum Gasteiger partial charge on any atom is 0.317 e. The van der Waals surface area contributed by atoms with Crippen LogP contribution in [0.1, 0.15) is 18.4 Å². The van der Waals surface area contributed by atoms with E-state index >= 15 is 0 Å². The highest BCUT2D eigenvalue weighted by Crippen LogP contribution is 2.00. The highest BCUT2D eigenvalue weighted by atomic mass is 16.4. The molecular formula is C14H20N2O3. The van der Waals surface area contributed by atoms with Crippen molar-refractivity contribution in [1.82, 2.24) is 10.2 Å². The molecular weight excluding hydrogens is 244 g/mol. The summed E-state index contributed by atoms with van der Waals surface area (Å²) >= 11 is 0. The molecule has 0 aromatic heterocycles. The summed E-state index contributed by atoms with van der Waals surface area (Å²) in [6.07, 6.45) is 1.33. The summed E-state index contributed by atoms with van der Waals surface area (Å²) in [6.45, 7) is 1.02. The Hall–Kier alpha value is -2.04. The Morgan fingerprint density at radius 2 is 1.95 bits per heavy atom. The Morgan fingerprint density at radius 3 is 2.58 bits per heavy atom. The van der Waals surface area contributed by atoms with Gasteiger partial charge in [0.1, 0.15) is 0 Å². The molecule has 0 radical (unpaired) electrons. The summed E-state index contributed by atoms with van der Waals surface area (Å²) < 4.78 is 0. The topological polar surface area (TPSA) is 69.6 Å². The van der Waals surface area contributed by atoms with E-state index < -0.39 is 5.97 Å². The minimum atomic E-state index is -0.841. The van der Waals surface area contributed by atoms with Crippen LogP contribution in [0, 0.1) is 0 Å². The lowest BCUT2D eigenvalue weighted by Crippen LogP contribution is -2.38. The summed E-state index contributed by atoms with van der Waals surface area (Å²) in [6, 6.07) is 9.80. The van der Waals surface area contributed by atoms with E-state index in [4.69, 9.17) is 5.11 Å². The van der Waals surface area contributed by atoms with Gasteiger partial charge in [-0.2, -0.15) is 0 Å². The van der Waals surface area contributed by atoms with Crippen molar-refractivity contribution in [3.8, 4) is 0 Å². The van der Waals surface area contributed by atoms with Gasteiger partial charge in [0.2, 0.25) is 0 Å². The molecule has 0 saturated heterocycles. The van der Waals surface area contributed by atoms with Crippen LogP contribution in [-0.4, -0.2) is 42.1 Å². The van der Waals surface area contributed by atoms with Crippen LogP contribution >= 0.6 is 0 Å². The van der Waals surface area contributed by atoms with Gasteiger partial charge in [0, 0.05) is 26.6 Å². The zero-order chi connectivity index (χ0) is 14.1. The van der Waals surface area contributed by atoms with Crippen LogP contribution in [0.25, 0.3) is 0 Å². The van der Waals surface area contributed by atoms with Gasteiger partial charge >= 0.3 is 12.0 Å². The molecule has 0 aliphatic rings. The van der Waals surface area contributed by atoms with Gasteiger partial charge in [-0.15, -0.1) is 0 Å². The van der Waals surface area contributed by atoms with Crippen LogP contribution in [-0.2, 0) is 11.2 Å². The SMILES string of the molecule is CN(CCc1ccccc1)C(=O)NCCCC(=O)O. The molecule has 0 atom stereocenters. The van der Waals surface area contributed by atoms with Crippen molar-refractivity contribution in [2.24, 2.45) is 0 Å². The number of carboxylic acids is 1. The van der Waals surface area contributed by atoms with Crippen molar-refractivity contribution in [1.29, 1.82) is 0 Å². The number of benzene rings is 1. The third-order valence-corrected chi connectivity index (χ3v) is 2.77. The van der Waals surface area contributed by atoms with Crippen LogP contribution in [0.3, 0.4) is 0 Å². The largest absolute Gasteiger partial charge is 0.481 e. The Kier molecular flexibility index (Phi) is 6.43. The fourth-order valence-corrected chi connectivity index (χ4v) is 1.61. The maximum atomic E-state index is 11.7. The summed E-state index contributed by atoms with van der Waals surface area (Å²) in [7, 11) is 1.73. The monoisotopic (exact) mass is 264 g/mol. The molecule has 104 valence electrons. The lowest BCUT2D eigenvalue weighted by atomic mass is 10.1. The van der Waals surface area contributed by atoms with Gasteiger partial charge < -0.3 is 15.3 Å². The zero-order valence-corrected chi connectivity index (χ0v) is 11.1. The smallest absolute Gasteiger partial charge is 0.317 e. The average Bonchev–Trinajstić information content (AvgIpc) is 2.41. The molecule has 0 bridgehead atoms. The highest BCUT2D eigenvalue weighted by Gasteiger charge is 2.07. The van der Waals surface area contributed by atoms with Crippen LogP contribution in [0.5, 0.6) is 0 Å². The van der Waals surface area contributed by atoms with E-state index in [9.17, 15) is 9.59 Å². The minimum absolute atomic E-state index is 0.0774. The number of aliphatic carboxylic acids is 1. The molecule has 5 nitrogen and oxygen atoms in total. The first kappa shape index (κ1) is 15.0. The number of carbonyl (C=O) groups excluding carboxylic acids is 1. The second kappa shape index (κ2) is 8.13. The van der Waals surface area contributed by atoms with Gasteiger partial charge in [0.05, 0.1) is 0 Å². The lowest BCUT2D eigenvalue weighted by molar-refractivity contribution is -0.137. The van der Waals surface area contributed by atoms with Crippen LogP contribution in [0.4, 0.5) is 4.79 Å². The van der Waals surface area contributed by atoms with E-state index in [2.05, 4.69) is 5.32 Å². The van der Waals surface area contributed by atoms with Crippen LogP contribution in [0.2, 0.25) is 0 Å². The van der Waals surface area contributed by atoms with Crippen molar-refractivity contribution >= 4 is 12.0 Å². The van der Waals surface area contributed by atoms with E-state index in [-0.39, 0.29) is 12.5 Å². The van der Waals surface area contributed by atoms with Gasteiger partial charge in [-0.05, 0) is 18.4 Å². The quantitative estimate of drug-likeness (QED) is 0.737. The molecule has 19 heavy (non-hydrogen) atoms. The molecule has 0 heterocycles. The van der Waals surface area contributed by atoms with Crippen molar-refractivity contribution in [3.05, 3.63) is 35.9 Å². The second-order valence-corrected chi connectivity index (χ2v) is 4.39. The maximum absolute atomic E-state index is 11.7. The van der Waals surface area contributed by atoms with E-state index in [1.165, 1.54) is 5.56 Å². The summed E-state index contributed by atoms with van der Waals surface area (Å²) in [5, 5.41) is 11.2. The molecule has 0 spiro atoms. The predicted molar refractivity (Wildman–Crippen MR) is 73.0 cm³/mol. The molecule has 2 amide bonds. The number of rotatable bonds is 7. The second-order valence-electron chi connectivity index (χ2n) is 4.39. The highest BCUT2D eigenvalue weighted by molar-refractivity contribution is 5.73. The molecule has 0 aliphatic heterocycles. The first-order valence-electron chi connectivity index (χ1n) is 6.34. The molecule has 2 N–H and O–H groups in total. The number of amides is 2. The molecule has 5 heteroatoms. The predicted octanol–water partition coefficient (Wildman–Crippen LogP) is 1.74. The third-order valence-electron chi connectivity index (χ3n) is 2.77. The number of nitrogens with zero attached hydrogens (tertiary/aromatic N) is 1. The molecule has 0 saturated carbocycles. The molecule has 1 aromatic carbocycles. The van der Waals surface area contributed by atoms with Gasteiger partial charge in [0.15, 0.2) is 0 Å². The van der Waals surface area contributed by atoms with E-state index in [0.717, 1.165) is 6.42 Å². The first-order chi connectivity index (χ1) is 9.09. The molecule has 0 aliphatic carbocycles. The van der Waals surface area contributed by atoms with Gasteiger partial charge in [-0.25, -0.2) is 4.79 Å². The molecule has 0 fully saturated rings. The number of carboxylic acid groups (broad SMARTS) is 1. The first-order valence-corrected chi connectivity index (χ1v) is 6.34. The Labute approximate surface area is 113 Å². The number of hydrogen-bond donors (Lipinski definition) is 2. The number of carbonyl (C=O) groups is 2. The van der Waals surface area contributed by atoms with Gasteiger partial charge in [0.25, 0.3) is 0 Å². The Balaban J connectivity index is 2.20. The summed E-state index contributed by atoms with van der Waals surface area (Å²) in [5.41, 5.74) is 1.19. The normalized spacial score (nSPS) is 9.95. The zero-order valence-electron chi connectivity index (χ0n) is 11.1. The standard InChI is InChI=1S/C14H20N2O3/c1-16(11-9-12-6-3-2-4-7-12)14(19)15-10-5-8-13(17)18/h2-4,6-7H,5,8-11H2,1H3,(H,15,19)(H,17,18). The average molecular weight is 264 g/mol. The van der Waals surface area contributed by atoms with Gasteiger partial charge in [-0.3, -0.25) is 4.79 Å². The van der Waals surface area contributed by atoms with Crippen LogP contribution < -0.4 is 5.32 Å². The molecule has 0 unspecified atom stereocenters. The van der Waals surface area contributed by atoms with E-state index in [1.54, 1.807) is 11.9 Å². The molecule has 1 rings (SSSR count). The number of likely N-dealkylation sites (N-methyl/N-ethyl adjacent to an activating group) is 1. The van der Waals surface area contributed by atoms with E-state index in [1.807, 2.05) is 30.3 Å². The fourth-order valence-electron chi connectivity index (χ4n) is 1.61. The van der Waals surface area contributed by atoms with Crippen molar-refractivity contribution in [2.45, 2.75) is 19.3 Å². The summed E-state index contributed by atoms with van der Waals surface area (Å²) in [5.74, 6) is -0.841. The fraction of sp³-hybridized carbons (Fsp3) is 0.429. The Bertz CT molecular complexity index is 406. The molecule has 1 aromatic rings. The lowest BCUT2D eigenvalue weighted by Gasteiger charge is -2.17. The number of hydrogen-bond acceptors (Lipinski definition) is 2. The van der Waals surface area contributed by atoms with Crippen molar-refractivity contribution < 1.29 is 14.7 Å². The number of nitrogens with one attached hydrogen (secondary N) is 1. The minimum Gasteiger partial charge on any atom is -0.481 e. The van der Waals surface area contributed by atoms with E-state index in [0.29, 0.717) is 19.5 Å². The number of urea groups is 1. The van der Waals surface area contributed by atoms with Crippen LogP contribution in [0.15, 0.2) is 30.3 Å². The van der Waals surface area contributed by atoms with Gasteiger partial charge in [-0.1, -0.05) is 30.3 Å². The van der Waals surface area contributed by atoms with Crippen molar-refractivity contribution in [2.75, 3.05) is 20.1 Å². The summed E-state index contributed by atoms with van der Waals surface area (Å²) in [4.78, 5) is 23.6. The third kappa shape index (κ3) is 6.45. The Morgan fingerprint density at radius 1 is 1.26 bits per heavy atom.